The van der Waals surface area contributed by atoms with E-state index in [-0.39, 0.29) is 10.7 Å². The lowest BCUT2D eigenvalue weighted by Crippen LogP contribution is -2.31. The van der Waals surface area contributed by atoms with Crippen molar-refractivity contribution >= 4 is 15.8 Å². The van der Waals surface area contributed by atoms with Crippen molar-refractivity contribution < 1.29 is 8.42 Å². The molecule has 0 atom stereocenters. The highest BCUT2D eigenvalue weighted by atomic mass is 32.2. The minimum absolute atomic E-state index is 0.0399. The number of likely N-dealkylation sites (N-methyl/N-ethyl adjacent to an activating group) is 1. The van der Waals surface area contributed by atoms with Gasteiger partial charge in [0.1, 0.15) is 10.7 Å². The van der Waals surface area contributed by atoms with E-state index in [0.29, 0.717) is 19.6 Å². The predicted molar refractivity (Wildman–Crippen MR) is 66.1 cm³/mol. The molecule has 1 rings (SSSR count). The maximum absolute atomic E-state index is 11.9. The van der Waals surface area contributed by atoms with E-state index in [1.807, 2.05) is 25.9 Å². The molecule has 1 heterocycles. The first-order chi connectivity index (χ1) is 7.88. The van der Waals surface area contributed by atoms with Crippen molar-refractivity contribution in [3.8, 4) is 0 Å². The van der Waals surface area contributed by atoms with Crippen molar-refractivity contribution in [2.75, 3.05) is 32.9 Å². The van der Waals surface area contributed by atoms with Crippen LogP contribution in [-0.4, -0.2) is 50.3 Å². The van der Waals surface area contributed by atoms with Gasteiger partial charge in [-0.3, -0.25) is 0 Å². The summed E-state index contributed by atoms with van der Waals surface area (Å²) in [7, 11) is 0.185. The number of sulfonamides is 1. The SMILES string of the molecule is CCn1ncc(S(=O)(=O)NCCN(C)C)c1N. The zero-order chi connectivity index (χ0) is 13.1. The fraction of sp³-hybridized carbons (Fsp3) is 0.667. The van der Waals surface area contributed by atoms with Gasteiger partial charge in [0.25, 0.3) is 0 Å². The molecule has 8 heteroatoms. The monoisotopic (exact) mass is 261 g/mol. The Kier molecular flexibility index (Phi) is 4.49. The molecule has 0 amide bonds. The first-order valence-electron chi connectivity index (χ1n) is 5.34. The lowest BCUT2D eigenvalue weighted by atomic mass is 10.6. The van der Waals surface area contributed by atoms with Crippen LogP contribution in [0.4, 0.5) is 5.82 Å². The lowest BCUT2D eigenvalue weighted by molar-refractivity contribution is 0.412. The Labute approximate surface area is 102 Å². The van der Waals surface area contributed by atoms with Gasteiger partial charge in [-0.15, -0.1) is 0 Å². The van der Waals surface area contributed by atoms with Gasteiger partial charge < -0.3 is 10.6 Å². The Balaban J connectivity index is 2.79. The van der Waals surface area contributed by atoms with Crippen molar-refractivity contribution in [2.45, 2.75) is 18.4 Å². The highest BCUT2D eigenvalue weighted by molar-refractivity contribution is 7.89. The number of anilines is 1. The number of hydrogen-bond acceptors (Lipinski definition) is 5. The smallest absolute Gasteiger partial charge is 0.245 e. The van der Waals surface area contributed by atoms with Crippen LogP contribution in [0.15, 0.2) is 11.1 Å². The average Bonchev–Trinajstić information content (AvgIpc) is 2.59. The molecule has 17 heavy (non-hydrogen) atoms. The minimum Gasteiger partial charge on any atom is -0.383 e. The Morgan fingerprint density at radius 2 is 2.18 bits per heavy atom. The summed E-state index contributed by atoms with van der Waals surface area (Å²) in [6.07, 6.45) is 1.27. The van der Waals surface area contributed by atoms with Crippen molar-refractivity contribution in [1.29, 1.82) is 0 Å². The Bertz CT molecular complexity index is 466. The molecular formula is C9H19N5O2S. The molecule has 0 spiro atoms. The second-order valence-corrected chi connectivity index (χ2v) is 5.65. The number of rotatable bonds is 6. The van der Waals surface area contributed by atoms with Gasteiger partial charge in [-0.25, -0.2) is 17.8 Å². The van der Waals surface area contributed by atoms with Crippen LogP contribution < -0.4 is 10.5 Å². The highest BCUT2D eigenvalue weighted by Crippen LogP contribution is 2.16. The molecule has 0 aliphatic carbocycles. The largest absolute Gasteiger partial charge is 0.383 e. The standard InChI is InChI=1S/C9H19N5O2S/c1-4-14-9(10)8(7-11-14)17(15,16)12-5-6-13(2)3/h7,12H,4-6,10H2,1-3H3. The molecule has 3 N–H and O–H groups in total. The molecule has 0 saturated heterocycles. The maximum Gasteiger partial charge on any atom is 0.245 e. The molecule has 0 unspecified atom stereocenters. The van der Waals surface area contributed by atoms with Crippen molar-refractivity contribution in [3.05, 3.63) is 6.20 Å². The zero-order valence-electron chi connectivity index (χ0n) is 10.3. The minimum atomic E-state index is -3.56. The maximum atomic E-state index is 11.9. The second kappa shape index (κ2) is 5.48. The molecular weight excluding hydrogens is 242 g/mol. The van der Waals surface area contributed by atoms with Crippen LogP contribution in [0.5, 0.6) is 0 Å². The van der Waals surface area contributed by atoms with E-state index in [9.17, 15) is 8.42 Å². The third kappa shape index (κ3) is 3.42. The van der Waals surface area contributed by atoms with Gasteiger partial charge in [-0.1, -0.05) is 0 Å². The first kappa shape index (κ1) is 13.9. The molecule has 0 aliphatic heterocycles. The van der Waals surface area contributed by atoms with Gasteiger partial charge in [-0.2, -0.15) is 5.10 Å². The van der Waals surface area contributed by atoms with Gasteiger partial charge in [0.2, 0.25) is 10.0 Å². The van der Waals surface area contributed by atoms with Crippen LogP contribution in [0.3, 0.4) is 0 Å². The van der Waals surface area contributed by atoms with Crippen LogP contribution >= 0.6 is 0 Å². The molecule has 0 saturated carbocycles. The summed E-state index contributed by atoms with van der Waals surface area (Å²) < 4.78 is 27.7. The Hall–Kier alpha value is -1.12. The van der Waals surface area contributed by atoms with Crippen molar-refractivity contribution in [1.82, 2.24) is 19.4 Å². The van der Waals surface area contributed by atoms with E-state index in [4.69, 9.17) is 5.73 Å². The summed E-state index contributed by atoms with van der Waals surface area (Å²) in [5.74, 6) is 0.171. The summed E-state index contributed by atoms with van der Waals surface area (Å²) in [5, 5.41) is 3.91. The molecule has 1 aromatic heterocycles. The molecule has 0 fully saturated rings. The Morgan fingerprint density at radius 1 is 1.53 bits per heavy atom. The van der Waals surface area contributed by atoms with Gasteiger partial charge in [0.05, 0.1) is 6.20 Å². The number of aromatic nitrogens is 2. The van der Waals surface area contributed by atoms with Crippen molar-refractivity contribution in [3.63, 3.8) is 0 Å². The third-order valence-corrected chi connectivity index (χ3v) is 3.76. The van der Waals surface area contributed by atoms with Crippen LogP contribution in [0, 0.1) is 0 Å². The van der Waals surface area contributed by atoms with Gasteiger partial charge >= 0.3 is 0 Å². The normalized spacial score (nSPS) is 12.2. The molecule has 7 nitrogen and oxygen atoms in total. The number of nitrogens with zero attached hydrogens (tertiary/aromatic N) is 3. The fourth-order valence-corrected chi connectivity index (χ4v) is 2.40. The number of aryl methyl sites for hydroxylation is 1. The van der Waals surface area contributed by atoms with Gasteiger partial charge in [0.15, 0.2) is 0 Å². The molecule has 1 aromatic rings. The van der Waals surface area contributed by atoms with E-state index < -0.39 is 10.0 Å². The number of hydrogen-bond donors (Lipinski definition) is 2. The average molecular weight is 261 g/mol. The topological polar surface area (TPSA) is 93.2 Å². The lowest BCUT2D eigenvalue weighted by Gasteiger charge is -2.10. The van der Waals surface area contributed by atoms with Crippen molar-refractivity contribution in [2.24, 2.45) is 0 Å². The first-order valence-corrected chi connectivity index (χ1v) is 6.82. The predicted octanol–water partition coefficient (Wildman–Crippen LogP) is -0.675. The van der Waals surface area contributed by atoms with Crippen LogP contribution in [-0.2, 0) is 16.6 Å². The fourth-order valence-electron chi connectivity index (χ4n) is 1.32. The summed E-state index contributed by atoms with van der Waals surface area (Å²) in [4.78, 5) is 1.93. The zero-order valence-corrected chi connectivity index (χ0v) is 11.2. The molecule has 0 aliphatic rings. The molecule has 0 radical (unpaired) electrons. The van der Waals surface area contributed by atoms with E-state index >= 15 is 0 Å². The van der Waals surface area contributed by atoms with E-state index in [2.05, 4.69) is 9.82 Å². The molecule has 0 aromatic carbocycles. The van der Waals surface area contributed by atoms with E-state index in [1.165, 1.54) is 10.9 Å². The van der Waals surface area contributed by atoms with Gasteiger partial charge in [0, 0.05) is 19.6 Å². The highest BCUT2D eigenvalue weighted by Gasteiger charge is 2.20. The summed E-state index contributed by atoms with van der Waals surface area (Å²) in [5.41, 5.74) is 5.70. The number of nitrogen functional groups attached to an aromatic ring is 1. The van der Waals surface area contributed by atoms with E-state index in [1.54, 1.807) is 0 Å². The van der Waals surface area contributed by atoms with E-state index in [0.717, 1.165) is 0 Å². The Morgan fingerprint density at radius 3 is 2.65 bits per heavy atom. The van der Waals surface area contributed by atoms with Crippen LogP contribution in [0.1, 0.15) is 6.92 Å². The summed E-state index contributed by atoms with van der Waals surface area (Å²) in [6, 6.07) is 0. The number of nitrogens with two attached hydrogens (primary N) is 1. The molecule has 0 bridgehead atoms. The molecule has 98 valence electrons. The number of nitrogens with one attached hydrogen (secondary N) is 1. The van der Waals surface area contributed by atoms with Crippen LogP contribution in [0.25, 0.3) is 0 Å². The summed E-state index contributed by atoms with van der Waals surface area (Å²) >= 11 is 0. The van der Waals surface area contributed by atoms with Crippen LogP contribution in [0.2, 0.25) is 0 Å². The van der Waals surface area contributed by atoms with Gasteiger partial charge in [-0.05, 0) is 21.0 Å². The second-order valence-electron chi connectivity index (χ2n) is 3.91. The third-order valence-electron chi connectivity index (χ3n) is 2.29. The quantitative estimate of drug-likeness (QED) is 0.708. The summed E-state index contributed by atoms with van der Waals surface area (Å²) in [6.45, 7) is 3.35.